The predicted octanol–water partition coefficient (Wildman–Crippen LogP) is 5.97. The van der Waals surface area contributed by atoms with E-state index in [0.29, 0.717) is 11.4 Å². The van der Waals surface area contributed by atoms with Crippen LogP contribution in [0.4, 0.5) is 24.5 Å². The number of halogens is 3. The molecule has 0 N–H and O–H groups in total. The Bertz CT molecular complexity index is 2160. The smallest absolute Gasteiger partial charge is 0.431 e. The summed E-state index contributed by atoms with van der Waals surface area (Å²) in [7, 11) is 3.91. The molecule has 50 heavy (non-hydrogen) atoms. The number of hydrogen-bond acceptors (Lipinski definition) is 10. The molecule has 0 saturated heterocycles. The van der Waals surface area contributed by atoms with Crippen molar-refractivity contribution < 1.29 is 38.0 Å². The summed E-state index contributed by atoms with van der Waals surface area (Å²) >= 11 is 0. The minimum absolute atomic E-state index is 0. The first kappa shape index (κ1) is 34.0. The number of ether oxygens (including phenoxy) is 1. The van der Waals surface area contributed by atoms with Gasteiger partial charge in [-0.25, -0.2) is 6.07 Å². The number of anilines is 2. The van der Waals surface area contributed by atoms with E-state index in [4.69, 9.17) is 4.74 Å². The van der Waals surface area contributed by atoms with Gasteiger partial charge in [-0.2, -0.15) is 36.8 Å². The molecule has 0 saturated carbocycles. The fraction of sp³-hybridized carbons (Fsp3) is 0.0882. The zero-order chi connectivity index (χ0) is 34.1. The molecule has 0 aliphatic carbocycles. The van der Waals surface area contributed by atoms with Crippen LogP contribution < -0.4 is 19.6 Å². The van der Waals surface area contributed by atoms with E-state index in [1.54, 1.807) is 36.9 Å². The molecule has 16 heteroatoms. The number of hydrogen-bond donors (Lipinski definition) is 0. The van der Waals surface area contributed by atoms with E-state index in [1.165, 1.54) is 6.07 Å². The number of aromatic nitrogens is 6. The van der Waals surface area contributed by atoms with Crippen molar-refractivity contribution in [1.29, 1.82) is 5.26 Å². The Morgan fingerprint density at radius 1 is 0.920 bits per heavy atom. The summed E-state index contributed by atoms with van der Waals surface area (Å²) in [4.78, 5) is 20.5. The van der Waals surface area contributed by atoms with Gasteiger partial charge in [0.2, 0.25) is 5.88 Å². The summed E-state index contributed by atoms with van der Waals surface area (Å²) in [6.07, 6.45) is 9.81. The molecule has 2 aliphatic heterocycles. The molecule has 7 heterocycles. The maximum Gasteiger partial charge on any atom is 0.431 e. The van der Waals surface area contributed by atoms with Gasteiger partial charge >= 0.3 is 6.18 Å². The first-order valence-electron chi connectivity index (χ1n) is 14.5. The fourth-order valence-electron chi connectivity index (χ4n) is 5.11. The van der Waals surface area contributed by atoms with Gasteiger partial charge in [0.1, 0.15) is 11.5 Å². The van der Waals surface area contributed by atoms with Crippen LogP contribution in [0.3, 0.4) is 0 Å². The fourth-order valence-corrected chi connectivity index (χ4v) is 5.11. The summed E-state index contributed by atoms with van der Waals surface area (Å²) in [5, 5.41) is 17.4. The van der Waals surface area contributed by atoms with Crippen LogP contribution in [0, 0.1) is 36.8 Å². The second kappa shape index (κ2) is 13.9. The third kappa shape index (κ3) is 6.95. The van der Waals surface area contributed by atoms with Crippen molar-refractivity contribution in [3.05, 3.63) is 129 Å². The quantitative estimate of drug-likeness (QED) is 0.191. The van der Waals surface area contributed by atoms with Crippen LogP contribution in [0.5, 0.6) is 11.8 Å². The maximum absolute atomic E-state index is 12.7. The molecule has 0 fully saturated rings. The minimum Gasteiger partial charge on any atom is -0.544 e. The molecule has 5 aromatic heterocycles. The monoisotopic (exact) mass is 851 g/mol. The first-order valence-corrected chi connectivity index (χ1v) is 14.5. The Balaban J connectivity index is 0.000000181. The molecule has 0 unspecified atom stereocenters. The molecule has 2 aliphatic rings. The molecule has 1 aromatic carbocycles. The summed E-state index contributed by atoms with van der Waals surface area (Å²) in [5.41, 5.74) is 2.74. The van der Waals surface area contributed by atoms with E-state index in [9.17, 15) is 18.4 Å². The third-order valence-electron chi connectivity index (χ3n) is 7.31. The Morgan fingerprint density at radius 3 is 2.24 bits per heavy atom. The van der Waals surface area contributed by atoms with E-state index in [1.807, 2.05) is 94.6 Å². The van der Waals surface area contributed by atoms with Crippen molar-refractivity contribution in [2.75, 3.05) is 23.9 Å². The SMILES string of the molecule is CN1C=CN(c2[c-]c(N3C=CN(C)[CH-]3)cc(C#N)c2)[CH-]1.FC(F)(F)c1cc(Oc2cccc(-n3c4[c-]cncc4c4cnccc43)n2)[n-]n1.[Ir]. The standard InChI is InChI=1S/C19H9F3N6O.C15H14N5.Ir/c20-19(21,22)15-8-18(27-26-15)29-17-3-1-2-16(25-17)28-13-4-6-23-9-11(13)12-10-24-7-5-14(12)28;1-17-3-5-19(11-17)14-7-13(10-16)8-15(9-14)20-6-4-18(2)12-20;/h1-4,6-10H;3-8,11-12H,1-2H3;/q-2;-3;. The van der Waals surface area contributed by atoms with Gasteiger partial charge in [-0.1, -0.05) is 23.2 Å². The molecule has 1 radical (unpaired) electrons. The van der Waals surface area contributed by atoms with E-state index in [0.717, 1.165) is 39.2 Å². The average molecular weight is 851 g/mol. The van der Waals surface area contributed by atoms with Gasteiger partial charge in [0.15, 0.2) is 0 Å². The zero-order valence-electron chi connectivity index (χ0n) is 26.1. The van der Waals surface area contributed by atoms with Crippen LogP contribution >= 0.6 is 0 Å². The van der Waals surface area contributed by atoms with Crippen molar-refractivity contribution in [2.45, 2.75) is 6.18 Å². The van der Waals surface area contributed by atoms with E-state index < -0.39 is 11.9 Å². The normalized spacial score (nSPS) is 13.8. The van der Waals surface area contributed by atoms with E-state index >= 15 is 0 Å². The van der Waals surface area contributed by atoms with Gasteiger partial charge in [0.25, 0.3) is 0 Å². The number of benzene rings is 1. The van der Waals surface area contributed by atoms with Crippen LogP contribution in [0.1, 0.15) is 11.3 Å². The number of alkyl halides is 3. The topological polar surface area (TPSA) is 117 Å². The first-order chi connectivity index (χ1) is 23.7. The number of fused-ring (bicyclic) bond motifs is 3. The number of nitrogens with zero attached hydrogens (tertiary/aromatic N) is 11. The van der Waals surface area contributed by atoms with Crippen LogP contribution in [-0.2, 0) is 26.3 Å². The molecular weight excluding hydrogens is 828 g/mol. The molecule has 8 rings (SSSR count). The van der Waals surface area contributed by atoms with Gasteiger partial charge < -0.3 is 44.1 Å². The van der Waals surface area contributed by atoms with E-state index in [-0.39, 0.29) is 31.9 Å². The Labute approximate surface area is 297 Å². The second-order valence-corrected chi connectivity index (χ2v) is 10.8. The number of pyridine rings is 3. The van der Waals surface area contributed by atoms with E-state index in [2.05, 4.69) is 43.4 Å². The molecule has 255 valence electrons. The summed E-state index contributed by atoms with van der Waals surface area (Å²) in [6, 6.07) is 19.8. The summed E-state index contributed by atoms with van der Waals surface area (Å²) < 4.78 is 45.3. The maximum atomic E-state index is 12.7. The van der Waals surface area contributed by atoms with Gasteiger partial charge in [-0.3, -0.25) is 4.98 Å². The molecular formula is C34H23F3IrN11O-5. The van der Waals surface area contributed by atoms with Crippen LogP contribution in [-0.4, -0.2) is 48.5 Å². The van der Waals surface area contributed by atoms with Crippen LogP contribution in [0.2, 0.25) is 0 Å². The van der Waals surface area contributed by atoms with Crippen molar-refractivity contribution in [3.63, 3.8) is 0 Å². The molecule has 0 spiro atoms. The van der Waals surface area contributed by atoms with Gasteiger partial charge in [0.05, 0.1) is 6.07 Å². The molecule has 0 atom stereocenters. The van der Waals surface area contributed by atoms with Crippen molar-refractivity contribution in [3.8, 4) is 23.6 Å². The zero-order valence-corrected chi connectivity index (χ0v) is 28.5. The van der Waals surface area contributed by atoms with Gasteiger partial charge in [0, 0.05) is 50.0 Å². The summed E-state index contributed by atoms with van der Waals surface area (Å²) in [6.45, 7) is 3.87. The molecule has 12 nitrogen and oxygen atoms in total. The van der Waals surface area contributed by atoms with Gasteiger partial charge in [-0.15, -0.1) is 40.5 Å². The molecule has 0 bridgehead atoms. The minimum atomic E-state index is -4.59. The Morgan fingerprint density at radius 2 is 1.62 bits per heavy atom. The Kier molecular flexibility index (Phi) is 9.45. The predicted molar refractivity (Wildman–Crippen MR) is 173 cm³/mol. The van der Waals surface area contributed by atoms with Crippen molar-refractivity contribution >= 4 is 33.2 Å². The van der Waals surface area contributed by atoms with Crippen LogP contribution in [0.15, 0.2) is 92.1 Å². The van der Waals surface area contributed by atoms with Crippen molar-refractivity contribution in [1.82, 2.24) is 39.5 Å². The second-order valence-electron chi connectivity index (χ2n) is 10.8. The van der Waals surface area contributed by atoms with Crippen molar-refractivity contribution in [2.24, 2.45) is 0 Å². The number of rotatable bonds is 5. The van der Waals surface area contributed by atoms with Gasteiger partial charge in [-0.05, 0) is 63.3 Å². The molecule has 6 aromatic rings. The Hall–Kier alpha value is -5.91. The van der Waals surface area contributed by atoms with Crippen LogP contribution in [0.25, 0.3) is 27.6 Å². The largest absolute Gasteiger partial charge is 0.544 e. The molecule has 0 amide bonds. The summed E-state index contributed by atoms with van der Waals surface area (Å²) in [5.74, 6) is 0.283. The third-order valence-corrected chi connectivity index (χ3v) is 7.31. The average Bonchev–Trinajstić information content (AvgIpc) is 3.91. The number of nitriles is 1.